The van der Waals surface area contributed by atoms with Crippen LogP contribution in [0, 0.1) is 5.41 Å². The molecular formula is C16H22BrNO. The highest BCUT2D eigenvalue weighted by Gasteiger charge is 2.37. The van der Waals surface area contributed by atoms with Crippen molar-refractivity contribution in [3.05, 3.63) is 34.3 Å². The fraction of sp³-hybridized carbons (Fsp3) is 0.562. The fourth-order valence-electron chi connectivity index (χ4n) is 3.05. The van der Waals surface area contributed by atoms with Crippen LogP contribution >= 0.6 is 15.9 Å². The highest BCUT2D eigenvalue weighted by atomic mass is 79.9. The standard InChI is InChI=1S/C16H22BrNO/c1-2-7-16(8-10-18-11-9-16)15(19)12-13-5-3-4-6-14(13)17/h3-6,18H,2,7-12H2,1H3. The molecular weight excluding hydrogens is 302 g/mol. The van der Waals surface area contributed by atoms with E-state index >= 15 is 0 Å². The van der Waals surface area contributed by atoms with E-state index < -0.39 is 0 Å². The second-order valence-corrected chi connectivity index (χ2v) is 6.33. The van der Waals surface area contributed by atoms with Gasteiger partial charge in [0, 0.05) is 16.3 Å². The summed E-state index contributed by atoms with van der Waals surface area (Å²) in [5.74, 6) is 0.419. The molecule has 0 amide bonds. The summed E-state index contributed by atoms with van der Waals surface area (Å²) in [7, 11) is 0. The van der Waals surface area contributed by atoms with Crippen molar-refractivity contribution in [3.8, 4) is 0 Å². The molecule has 1 aliphatic heterocycles. The molecule has 0 aromatic heterocycles. The van der Waals surface area contributed by atoms with Crippen LogP contribution in [0.5, 0.6) is 0 Å². The number of carbonyl (C=O) groups is 1. The lowest BCUT2D eigenvalue weighted by molar-refractivity contribution is -0.130. The van der Waals surface area contributed by atoms with Gasteiger partial charge in [0.05, 0.1) is 0 Å². The summed E-state index contributed by atoms with van der Waals surface area (Å²) in [4.78, 5) is 12.8. The minimum Gasteiger partial charge on any atom is -0.317 e. The molecule has 2 nitrogen and oxygen atoms in total. The van der Waals surface area contributed by atoms with Gasteiger partial charge in [0.25, 0.3) is 0 Å². The number of hydrogen-bond acceptors (Lipinski definition) is 2. The van der Waals surface area contributed by atoms with Crippen molar-refractivity contribution in [3.63, 3.8) is 0 Å². The lowest BCUT2D eigenvalue weighted by Crippen LogP contribution is -2.42. The molecule has 0 aliphatic carbocycles. The number of Topliss-reactive ketones (excluding diaryl/α,β-unsaturated/α-hetero) is 1. The molecule has 104 valence electrons. The Bertz CT molecular complexity index is 433. The van der Waals surface area contributed by atoms with E-state index in [1.54, 1.807) is 0 Å². The Kier molecular flexibility index (Phi) is 5.17. The lowest BCUT2D eigenvalue weighted by atomic mass is 9.70. The van der Waals surface area contributed by atoms with Crippen LogP contribution in [0.4, 0.5) is 0 Å². The van der Waals surface area contributed by atoms with Crippen LogP contribution in [0.25, 0.3) is 0 Å². The van der Waals surface area contributed by atoms with E-state index in [0.29, 0.717) is 12.2 Å². The zero-order valence-electron chi connectivity index (χ0n) is 11.5. The first-order chi connectivity index (χ1) is 9.18. The first-order valence-corrected chi connectivity index (χ1v) is 7.95. The normalized spacial score (nSPS) is 18.2. The van der Waals surface area contributed by atoms with Crippen molar-refractivity contribution in [1.82, 2.24) is 5.32 Å². The summed E-state index contributed by atoms with van der Waals surface area (Å²) in [6.07, 6.45) is 4.65. The van der Waals surface area contributed by atoms with Crippen molar-refractivity contribution in [1.29, 1.82) is 0 Å². The van der Waals surface area contributed by atoms with Crippen molar-refractivity contribution in [2.24, 2.45) is 5.41 Å². The maximum absolute atomic E-state index is 12.8. The van der Waals surface area contributed by atoms with Crippen molar-refractivity contribution >= 4 is 21.7 Å². The molecule has 1 fully saturated rings. The number of hydrogen-bond donors (Lipinski definition) is 1. The summed E-state index contributed by atoms with van der Waals surface area (Å²) in [6, 6.07) is 8.05. The summed E-state index contributed by atoms with van der Waals surface area (Å²) < 4.78 is 1.05. The van der Waals surface area contributed by atoms with Gasteiger partial charge in [0.1, 0.15) is 5.78 Å². The fourth-order valence-corrected chi connectivity index (χ4v) is 3.48. The predicted octanol–water partition coefficient (Wildman–Crippen LogP) is 3.73. The zero-order valence-corrected chi connectivity index (χ0v) is 13.1. The summed E-state index contributed by atoms with van der Waals surface area (Å²) in [5.41, 5.74) is 1.02. The molecule has 1 heterocycles. The number of benzene rings is 1. The van der Waals surface area contributed by atoms with Crippen LogP contribution < -0.4 is 5.32 Å². The number of halogens is 1. The molecule has 0 saturated carbocycles. The lowest BCUT2D eigenvalue weighted by Gasteiger charge is -2.36. The average Bonchev–Trinajstić information content (AvgIpc) is 2.42. The van der Waals surface area contributed by atoms with E-state index in [1.807, 2.05) is 24.3 Å². The predicted molar refractivity (Wildman–Crippen MR) is 82.3 cm³/mol. The zero-order chi connectivity index (χ0) is 13.7. The largest absolute Gasteiger partial charge is 0.317 e. The summed E-state index contributed by atoms with van der Waals surface area (Å²) >= 11 is 3.54. The second kappa shape index (κ2) is 6.67. The van der Waals surface area contributed by atoms with E-state index in [9.17, 15) is 4.79 Å². The van der Waals surface area contributed by atoms with Gasteiger partial charge in [0.2, 0.25) is 0 Å². The molecule has 3 heteroatoms. The highest BCUT2D eigenvalue weighted by Crippen LogP contribution is 2.36. The van der Waals surface area contributed by atoms with Crippen LogP contribution in [0.2, 0.25) is 0 Å². The van der Waals surface area contributed by atoms with Gasteiger partial charge in [-0.1, -0.05) is 47.5 Å². The first kappa shape index (κ1) is 14.7. The van der Waals surface area contributed by atoms with Gasteiger partial charge in [-0.05, 0) is 44.0 Å². The number of carbonyl (C=O) groups excluding carboxylic acids is 1. The molecule has 19 heavy (non-hydrogen) atoms. The third-order valence-corrected chi connectivity index (χ3v) is 4.96. The maximum Gasteiger partial charge on any atom is 0.143 e. The Hall–Kier alpha value is -0.670. The molecule has 0 atom stereocenters. The SMILES string of the molecule is CCCC1(C(=O)Cc2ccccc2Br)CCNCC1. The number of rotatable bonds is 5. The molecule has 0 unspecified atom stereocenters. The van der Waals surface area contributed by atoms with Crippen LogP contribution in [0.1, 0.15) is 38.2 Å². The minimum absolute atomic E-state index is 0.0880. The quantitative estimate of drug-likeness (QED) is 0.894. The molecule has 1 aromatic rings. The molecule has 1 N–H and O–H groups in total. The van der Waals surface area contributed by atoms with Crippen molar-refractivity contribution in [2.45, 2.75) is 39.0 Å². The molecule has 0 bridgehead atoms. The molecule has 1 saturated heterocycles. The summed E-state index contributed by atoms with van der Waals surface area (Å²) in [6.45, 7) is 4.12. The Balaban J connectivity index is 2.14. The van der Waals surface area contributed by atoms with Gasteiger partial charge >= 0.3 is 0 Å². The molecule has 0 radical (unpaired) electrons. The average molecular weight is 324 g/mol. The third kappa shape index (κ3) is 3.46. The Morgan fingerprint density at radius 2 is 2.00 bits per heavy atom. The van der Waals surface area contributed by atoms with E-state index in [1.165, 1.54) is 0 Å². The van der Waals surface area contributed by atoms with E-state index in [4.69, 9.17) is 0 Å². The van der Waals surface area contributed by atoms with Crippen LogP contribution in [0.3, 0.4) is 0 Å². The number of ketones is 1. The van der Waals surface area contributed by atoms with Crippen LogP contribution in [-0.4, -0.2) is 18.9 Å². The van der Waals surface area contributed by atoms with E-state index in [-0.39, 0.29) is 5.41 Å². The van der Waals surface area contributed by atoms with E-state index in [0.717, 1.165) is 48.8 Å². The van der Waals surface area contributed by atoms with Gasteiger partial charge in [-0.2, -0.15) is 0 Å². The Labute approximate surface area is 124 Å². The number of piperidine rings is 1. The van der Waals surface area contributed by atoms with Crippen LogP contribution in [-0.2, 0) is 11.2 Å². The third-order valence-electron chi connectivity index (χ3n) is 4.19. The monoisotopic (exact) mass is 323 g/mol. The minimum atomic E-state index is -0.0880. The highest BCUT2D eigenvalue weighted by molar-refractivity contribution is 9.10. The first-order valence-electron chi connectivity index (χ1n) is 7.15. The van der Waals surface area contributed by atoms with E-state index in [2.05, 4.69) is 28.2 Å². The van der Waals surface area contributed by atoms with Gasteiger partial charge < -0.3 is 5.32 Å². The van der Waals surface area contributed by atoms with Gasteiger partial charge in [0.15, 0.2) is 0 Å². The smallest absolute Gasteiger partial charge is 0.143 e. The molecule has 1 aliphatic rings. The summed E-state index contributed by atoms with van der Waals surface area (Å²) in [5, 5.41) is 3.37. The van der Waals surface area contributed by atoms with Crippen molar-refractivity contribution in [2.75, 3.05) is 13.1 Å². The maximum atomic E-state index is 12.8. The van der Waals surface area contributed by atoms with Gasteiger partial charge in [-0.15, -0.1) is 0 Å². The van der Waals surface area contributed by atoms with Crippen LogP contribution in [0.15, 0.2) is 28.7 Å². The molecule has 0 spiro atoms. The van der Waals surface area contributed by atoms with Crippen molar-refractivity contribution < 1.29 is 4.79 Å². The van der Waals surface area contributed by atoms with Gasteiger partial charge in [-0.25, -0.2) is 0 Å². The van der Waals surface area contributed by atoms with Gasteiger partial charge in [-0.3, -0.25) is 4.79 Å². The Morgan fingerprint density at radius 1 is 1.32 bits per heavy atom. The second-order valence-electron chi connectivity index (χ2n) is 5.47. The molecule has 1 aromatic carbocycles. The number of nitrogens with one attached hydrogen (secondary N) is 1. The topological polar surface area (TPSA) is 29.1 Å². The molecule has 2 rings (SSSR count). The Morgan fingerprint density at radius 3 is 2.63 bits per heavy atom.